The first-order chi connectivity index (χ1) is 30.3. The molecule has 2 aromatic heterocycles. The molecule has 0 radical (unpaired) electrons. The van der Waals surface area contributed by atoms with E-state index in [1.54, 1.807) is 0 Å². The van der Waals surface area contributed by atoms with Crippen molar-refractivity contribution in [1.29, 1.82) is 0 Å². The van der Waals surface area contributed by atoms with Gasteiger partial charge in [-0.25, -0.2) is 0 Å². The van der Waals surface area contributed by atoms with Crippen LogP contribution in [0, 0.1) is 0 Å². The lowest BCUT2D eigenvalue weighted by molar-refractivity contribution is 1.18. The minimum atomic E-state index is 1.10. The van der Waals surface area contributed by atoms with Crippen molar-refractivity contribution in [3.63, 3.8) is 0 Å². The van der Waals surface area contributed by atoms with Crippen LogP contribution < -0.4 is 4.90 Å². The van der Waals surface area contributed by atoms with E-state index in [0.717, 1.165) is 17.1 Å². The van der Waals surface area contributed by atoms with Gasteiger partial charge in [-0.3, -0.25) is 0 Å². The molecule has 0 N–H and O–H groups in total. The van der Waals surface area contributed by atoms with Crippen LogP contribution in [0.2, 0.25) is 0 Å². The number of rotatable bonds is 7. The summed E-state index contributed by atoms with van der Waals surface area (Å²) in [5.74, 6) is 0. The second-order valence-electron chi connectivity index (χ2n) is 15.7. The highest BCUT2D eigenvalue weighted by Gasteiger charge is 2.20. The lowest BCUT2D eigenvalue weighted by Crippen LogP contribution is -2.11. The molecule has 0 aliphatic heterocycles. The molecule has 0 unspecified atom stereocenters. The molecule has 286 valence electrons. The van der Waals surface area contributed by atoms with Crippen LogP contribution in [0.4, 0.5) is 17.1 Å². The average Bonchev–Trinajstić information content (AvgIpc) is 3.87. The second-order valence-corrected chi connectivity index (χ2v) is 16.8. The normalized spacial score (nSPS) is 11.6. The zero-order chi connectivity index (χ0) is 40.3. The minimum Gasteiger partial charge on any atom is -0.310 e. The van der Waals surface area contributed by atoms with Crippen molar-refractivity contribution in [2.45, 2.75) is 0 Å². The van der Waals surface area contributed by atoms with E-state index in [9.17, 15) is 0 Å². The fourth-order valence-electron chi connectivity index (χ4n) is 9.40. The van der Waals surface area contributed by atoms with E-state index >= 15 is 0 Å². The summed E-state index contributed by atoms with van der Waals surface area (Å²) in [7, 11) is 0. The molecule has 2 nitrogen and oxygen atoms in total. The summed E-state index contributed by atoms with van der Waals surface area (Å²) in [5, 5.41) is 7.60. The van der Waals surface area contributed by atoms with E-state index < -0.39 is 0 Å². The van der Waals surface area contributed by atoms with Crippen molar-refractivity contribution >= 4 is 81.1 Å². The predicted molar refractivity (Wildman–Crippen MR) is 262 cm³/mol. The van der Waals surface area contributed by atoms with E-state index in [2.05, 4.69) is 240 Å². The largest absolute Gasteiger partial charge is 0.310 e. The van der Waals surface area contributed by atoms with Crippen LogP contribution in [-0.2, 0) is 0 Å². The van der Waals surface area contributed by atoms with Gasteiger partial charge in [0.2, 0.25) is 0 Å². The molecular weight excluding hydrogens is 757 g/mol. The first-order valence-corrected chi connectivity index (χ1v) is 21.7. The lowest BCUT2D eigenvalue weighted by atomic mass is 9.95. The maximum absolute atomic E-state index is 2.43. The van der Waals surface area contributed by atoms with Gasteiger partial charge in [-0.2, -0.15) is 0 Å². The smallest absolute Gasteiger partial charge is 0.0541 e. The second kappa shape index (κ2) is 14.5. The van der Waals surface area contributed by atoms with Gasteiger partial charge in [-0.05, 0) is 93.7 Å². The minimum absolute atomic E-state index is 1.10. The Bertz CT molecular complexity index is 3550. The standard InChI is InChI=1S/C58H38N2S/c1-2-19-45-40(15-1)16-14-25-47(45)48-21-4-9-27-54(48)59(44-35-36-52-51-24-7-12-30-57(51)61-58(52)38-44)43-33-31-39(32-34-43)41-17-13-18-42(37-41)46-20-3-8-26-53(46)60-55-28-10-5-22-49(55)50-23-6-11-29-56(50)60/h1-38H. The Hall–Kier alpha value is -7.72. The fourth-order valence-corrected chi connectivity index (χ4v) is 10.5. The molecular formula is C58H38N2S. The topological polar surface area (TPSA) is 8.17 Å². The first kappa shape index (κ1) is 35.2. The maximum atomic E-state index is 2.43. The third-order valence-corrected chi connectivity index (χ3v) is 13.3. The number of benzene rings is 10. The molecule has 10 aromatic carbocycles. The quantitative estimate of drug-likeness (QED) is 0.156. The van der Waals surface area contributed by atoms with Crippen molar-refractivity contribution in [1.82, 2.24) is 4.57 Å². The van der Waals surface area contributed by atoms with E-state index in [1.165, 1.54) is 91.8 Å². The molecule has 12 aromatic rings. The van der Waals surface area contributed by atoms with Crippen molar-refractivity contribution in [2.24, 2.45) is 0 Å². The number of aromatic nitrogens is 1. The molecule has 0 spiro atoms. The molecule has 2 heterocycles. The zero-order valence-corrected chi connectivity index (χ0v) is 34.1. The van der Waals surface area contributed by atoms with Gasteiger partial charge in [0.1, 0.15) is 0 Å². The third kappa shape index (κ3) is 5.93. The number of hydrogen-bond acceptors (Lipinski definition) is 2. The average molecular weight is 795 g/mol. The molecule has 0 saturated heterocycles. The Morgan fingerprint density at radius 1 is 0.328 bits per heavy atom. The highest BCUT2D eigenvalue weighted by molar-refractivity contribution is 7.25. The van der Waals surface area contributed by atoms with E-state index in [0.29, 0.717) is 0 Å². The molecule has 0 aliphatic carbocycles. The van der Waals surface area contributed by atoms with Crippen molar-refractivity contribution < 1.29 is 0 Å². The van der Waals surface area contributed by atoms with Gasteiger partial charge in [0.25, 0.3) is 0 Å². The summed E-state index contributed by atoms with van der Waals surface area (Å²) in [6.45, 7) is 0. The van der Waals surface area contributed by atoms with Crippen LogP contribution in [0.15, 0.2) is 231 Å². The summed E-state index contributed by atoms with van der Waals surface area (Å²) in [4.78, 5) is 2.43. The van der Waals surface area contributed by atoms with Gasteiger partial charge in [-0.1, -0.05) is 170 Å². The molecule has 61 heavy (non-hydrogen) atoms. The number of nitrogens with zero attached hydrogens (tertiary/aromatic N) is 2. The van der Waals surface area contributed by atoms with Gasteiger partial charge >= 0.3 is 0 Å². The lowest BCUT2D eigenvalue weighted by Gasteiger charge is -2.28. The summed E-state index contributed by atoms with van der Waals surface area (Å²) < 4.78 is 5.00. The molecule has 0 aliphatic rings. The Balaban J connectivity index is 0.978. The van der Waals surface area contributed by atoms with E-state index in [-0.39, 0.29) is 0 Å². The van der Waals surface area contributed by atoms with Gasteiger partial charge in [-0.15, -0.1) is 11.3 Å². The van der Waals surface area contributed by atoms with Gasteiger partial charge in [0.05, 0.1) is 22.4 Å². The van der Waals surface area contributed by atoms with Crippen LogP contribution in [-0.4, -0.2) is 4.57 Å². The van der Waals surface area contributed by atoms with Gasteiger partial charge < -0.3 is 9.47 Å². The van der Waals surface area contributed by atoms with Crippen LogP contribution in [0.3, 0.4) is 0 Å². The Labute approximate surface area is 358 Å². The van der Waals surface area contributed by atoms with Gasteiger partial charge in [0.15, 0.2) is 0 Å². The van der Waals surface area contributed by atoms with E-state index in [4.69, 9.17) is 0 Å². The SMILES string of the molecule is c1cc(-c2ccc(N(c3ccc4c(c3)sc3ccccc34)c3ccccc3-c3cccc4ccccc34)cc2)cc(-c2ccccc2-n2c3ccccc3c3ccccc32)c1. The first-order valence-electron chi connectivity index (χ1n) is 20.8. The van der Waals surface area contributed by atoms with Crippen LogP contribution >= 0.6 is 11.3 Å². The zero-order valence-electron chi connectivity index (χ0n) is 33.2. The number of fused-ring (bicyclic) bond motifs is 7. The Kier molecular flexibility index (Phi) is 8.39. The molecule has 0 bridgehead atoms. The molecule has 0 atom stereocenters. The Morgan fingerprint density at radius 2 is 0.902 bits per heavy atom. The Morgan fingerprint density at radius 3 is 1.72 bits per heavy atom. The summed E-state index contributed by atoms with van der Waals surface area (Å²) in [6.07, 6.45) is 0. The number of para-hydroxylation sites is 4. The number of thiophene rings is 1. The number of hydrogen-bond donors (Lipinski definition) is 0. The maximum Gasteiger partial charge on any atom is 0.0541 e. The van der Waals surface area contributed by atoms with Crippen LogP contribution in [0.25, 0.3) is 91.8 Å². The van der Waals surface area contributed by atoms with Crippen molar-refractivity contribution in [3.8, 4) is 39.1 Å². The summed E-state index contributed by atoms with van der Waals surface area (Å²) in [5.41, 5.74) is 14.1. The number of anilines is 3. The molecule has 0 fully saturated rings. The third-order valence-electron chi connectivity index (χ3n) is 12.2. The van der Waals surface area contributed by atoms with E-state index in [1.807, 2.05) is 11.3 Å². The predicted octanol–water partition coefficient (Wildman–Crippen LogP) is 16.8. The highest BCUT2D eigenvalue weighted by Crippen LogP contribution is 2.45. The molecule has 0 amide bonds. The molecule has 12 rings (SSSR count). The van der Waals surface area contributed by atoms with Crippen molar-refractivity contribution in [2.75, 3.05) is 4.90 Å². The summed E-state index contributed by atoms with van der Waals surface area (Å²) >= 11 is 1.86. The highest BCUT2D eigenvalue weighted by atomic mass is 32.1. The summed E-state index contributed by atoms with van der Waals surface area (Å²) in [6, 6.07) is 84.2. The van der Waals surface area contributed by atoms with Crippen LogP contribution in [0.1, 0.15) is 0 Å². The molecule has 0 saturated carbocycles. The van der Waals surface area contributed by atoms with Gasteiger partial charge in [0, 0.05) is 53.4 Å². The van der Waals surface area contributed by atoms with Crippen molar-refractivity contribution in [3.05, 3.63) is 231 Å². The monoisotopic (exact) mass is 794 g/mol. The fraction of sp³-hybridized carbons (Fsp3) is 0. The van der Waals surface area contributed by atoms with Crippen LogP contribution in [0.5, 0.6) is 0 Å². The molecule has 3 heteroatoms.